The molecule has 39 heavy (non-hydrogen) atoms. The van der Waals surface area contributed by atoms with Crippen LogP contribution in [-0.2, 0) is 22.5 Å². The number of nitrogens with one attached hydrogen (secondary N) is 1. The highest BCUT2D eigenvalue weighted by atomic mass is 32.1. The van der Waals surface area contributed by atoms with Crippen molar-refractivity contribution < 1.29 is 28.2 Å². The Morgan fingerprint density at radius 1 is 0.949 bits per heavy atom. The number of nitrogens with zero attached hydrogens (tertiary/aromatic N) is 2. The average molecular weight is 558 g/mol. The maximum Gasteiger partial charge on any atom is 0.322 e. The summed E-state index contributed by atoms with van der Waals surface area (Å²) in [5.41, 5.74) is 1.05. The predicted molar refractivity (Wildman–Crippen MR) is 151 cm³/mol. The first-order valence-corrected chi connectivity index (χ1v) is 13.5. The van der Waals surface area contributed by atoms with Crippen molar-refractivity contribution in [1.29, 1.82) is 0 Å². The van der Waals surface area contributed by atoms with Crippen LogP contribution in [0.4, 0.5) is 14.9 Å². The number of carbonyl (C=O) groups is 2. The van der Waals surface area contributed by atoms with E-state index in [0.717, 1.165) is 15.3 Å². The summed E-state index contributed by atoms with van der Waals surface area (Å²) in [6.07, 6.45) is 1.12. The number of benzene rings is 2. The van der Waals surface area contributed by atoms with Gasteiger partial charge in [0.05, 0.1) is 26.5 Å². The van der Waals surface area contributed by atoms with Crippen LogP contribution in [0, 0.1) is 12.7 Å². The second-order valence-electron chi connectivity index (χ2n) is 8.94. The number of hydrogen-bond donors (Lipinski definition) is 1. The molecule has 0 saturated carbocycles. The highest BCUT2D eigenvalue weighted by molar-refractivity contribution is 7.11. The first-order chi connectivity index (χ1) is 18.8. The Balaban J connectivity index is 1.77. The first-order valence-electron chi connectivity index (χ1n) is 12.7. The number of anilines is 1. The van der Waals surface area contributed by atoms with Crippen LogP contribution in [0.15, 0.2) is 54.6 Å². The molecule has 2 aromatic carbocycles. The highest BCUT2D eigenvalue weighted by Crippen LogP contribution is 2.28. The Morgan fingerprint density at radius 3 is 2.38 bits per heavy atom. The van der Waals surface area contributed by atoms with E-state index in [4.69, 9.17) is 14.2 Å². The number of hydrogen-bond acceptors (Lipinski definition) is 6. The predicted octanol–water partition coefficient (Wildman–Crippen LogP) is 5.35. The van der Waals surface area contributed by atoms with Gasteiger partial charge in [-0.25, -0.2) is 9.18 Å². The summed E-state index contributed by atoms with van der Waals surface area (Å²) >= 11 is 1.63. The molecule has 3 rings (SSSR count). The fourth-order valence-electron chi connectivity index (χ4n) is 4.02. The van der Waals surface area contributed by atoms with Crippen molar-refractivity contribution >= 4 is 29.0 Å². The van der Waals surface area contributed by atoms with Gasteiger partial charge >= 0.3 is 6.03 Å². The lowest BCUT2D eigenvalue weighted by molar-refractivity contribution is -0.132. The third-order valence-corrected chi connectivity index (χ3v) is 7.10. The molecular formula is C29H36FN3O5S. The molecule has 0 aliphatic rings. The van der Waals surface area contributed by atoms with E-state index < -0.39 is 11.8 Å². The highest BCUT2D eigenvalue weighted by Gasteiger charge is 2.23. The molecule has 1 N–H and O–H groups in total. The number of methoxy groups -OCH3 is 3. The molecule has 0 saturated heterocycles. The minimum atomic E-state index is -0.545. The summed E-state index contributed by atoms with van der Waals surface area (Å²) in [5, 5.41) is 2.59. The van der Waals surface area contributed by atoms with Crippen LogP contribution in [0.3, 0.4) is 0 Å². The molecule has 10 heteroatoms. The summed E-state index contributed by atoms with van der Waals surface area (Å²) < 4.78 is 30.1. The second kappa shape index (κ2) is 15.1. The molecule has 0 spiro atoms. The molecule has 3 aromatic rings. The number of amides is 3. The van der Waals surface area contributed by atoms with E-state index in [1.807, 2.05) is 37.3 Å². The van der Waals surface area contributed by atoms with E-state index >= 15 is 0 Å². The Kier molecular flexibility index (Phi) is 11.6. The van der Waals surface area contributed by atoms with Crippen molar-refractivity contribution in [3.63, 3.8) is 0 Å². The van der Waals surface area contributed by atoms with Crippen LogP contribution in [0.5, 0.6) is 11.5 Å². The summed E-state index contributed by atoms with van der Waals surface area (Å²) in [6.45, 7) is 3.43. The number of carbonyl (C=O) groups excluding carboxylic acids is 2. The van der Waals surface area contributed by atoms with Gasteiger partial charge in [0.15, 0.2) is 11.5 Å². The number of thiophene rings is 1. The molecule has 3 amide bonds. The van der Waals surface area contributed by atoms with Crippen molar-refractivity contribution in [2.24, 2.45) is 0 Å². The van der Waals surface area contributed by atoms with Gasteiger partial charge in [-0.1, -0.05) is 18.2 Å². The zero-order valence-corrected chi connectivity index (χ0v) is 23.7. The van der Waals surface area contributed by atoms with Crippen LogP contribution < -0.4 is 14.8 Å². The summed E-state index contributed by atoms with van der Waals surface area (Å²) in [5.74, 6) is 0.507. The third-order valence-electron chi connectivity index (χ3n) is 6.12. The SMILES string of the molecule is COCCCN(CC(=O)N(CCc1ccc(OC)c(OC)c1)Cc1ccc(C)s1)C(=O)Nc1ccccc1F. The van der Waals surface area contributed by atoms with Crippen LogP contribution in [0.2, 0.25) is 0 Å². The second-order valence-corrected chi connectivity index (χ2v) is 10.3. The summed E-state index contributed by atoms with van der Waals surface area (Å²) in [4.78, 5) is 32.1. The molecular weight excluding hydrogens is 521 g/mol. The Hall–Kier alpha value is -3.63. The van der Waals surface area contributed by atoms with E-state index in [9.17, 15) is 14.0 Å². The Bertz CT molecular complexity index is 1240. The van der Waals surface area contributed by atoms with Crippen LogP contribution in [-0.4, -0.2) is 69.3 Å². The molecule has 0 aliphatic heterocycles. The first kappa shape index (κ1) is 29.9. The van der Waals surface area contributed by atoms with Crippen LogP contribution >= 0.6 is 11.3 Å². The lowest BCUT2D eigenvalue weighted by Gasteiger charge is -2.28. The molecule has 0 radical (unpaired) electrons. The zero-order valence-electron chi connectivity index (χ0n) is 22.9. The third kappa shape index (κ3) is 8.97. The van der Waals surface area contributed by atoms with Gasteiger partial charge in [0, 0.05) is 36.6 Å². The Morgan fingerprint density at radius 2 is 1.72 bits per heavy atom. The fourth-order valence-corrected chi connectivity index (χ4v) is 4.93. The van der Waals surface area contributed by atoms with Gasteiger partial charge in [-0.3, -0.25) is 4.79 Å². The molecule has 0 atom stereocenters. The topological polar surface area (TPSA) is 80.3 Å². The lowest BCUT2D eigenvalue weighted by atomic mass is 10.1. The van der Waals surface area contributed by atoms with Crippen LogP contribution in [0.25, 0.3) is 0 Å². The number of rotatable bonds is 14. The molecule has 0 fully saturated rings. The number of urea groups is 1. The molecule has 8 nitrogen and oxygen atoms in total. The van der Waals surface area contributed by atoms with E-state index in [2.05, 4.69) is 5.32 Å². The van der Waals surface area contributed by atoms with Gasteiger partial charge < -0.3 is 29.3 Å². The maximum absolute atomic E-state index is 14.2. The van der Waals surface area contributed by atoms with Crippen molar-refractivity contribution in [2.45, 2.75) is 26.3 Å². The smallest absolute Gasteiger partial charge is 0.322 e. The summed E-state index contributed by atoms with van der Waals surface area (Å²) in [6, 6.07) is 15.1. The van der Waals surface area contributed by atoms with Crippen molar-refractivity contribution in [2.75, 3.05) is 52.9 Å². The monoisotopic (exact) mass is 557 g/mol. The molecule has 0 unspecified atom stereocenters. The number of ether oxygens (including phenoxy) is 3. The van der Waals surface area contributed by atoms with Crippen molar-refractivity contribution in [1.82, 2.24) is 9.80 Å². The van der Waals surface area contributed by atoms with Crippen LogP contribution in [0.1, 0.15) is 21.7 Å². The van der Waals surface area contributed by atoms with Gasteiger partial charge in [-0.05, 0) is 61.7 Å². The van der Waals surface area contributed by atoms with Gasteiger partial charge in [-0.15, -0.1) is 11.3 Å². The average Bonchev–Trinajstić information content (AvgIpc) is 3.35. The number of halogens is 1. The molecule has 1 heterocycles. The van der Waals surface area contributed by atoms with Gasteiger partial charge in [-0.2, -0.15) is 0 Å². The van der Waals surface area contributed by atoms with Crippen molar-refractivity contribution in [3.05, 3.63) is 75.7 Å². The number of para-hydroxylation sites is 1. The molecule has 1 aromatic heterocycles. The van der Waals surface area contributed by atoms with E-state index in [0.29, 0.717) is 44.0 Å². The minimum absolute atomic E-state index is 0.0612. The molecule has 0 aliphatic carbocycles. The van der Waals surface area contributed by atoms with Gasteiger partial charge in [0.1, 0.15) is 12.4 Å². The van der Waals surface area contributed by atoms with Gasteiger partial charge in [0.25, 0.3) is 0 Å². The van der Waals surface area contributed by atoms with Crippen molar-refractivity contribution in [3.8, 4) is 11.5 Å². The van der Waals surface area contributed by atoms with E-state index in [1.54, 1.807) is 49.7 Å². The molecule has 0 bridgehead atoms. The standard InChI is InChI=1S/C29H36FN3O5S/c1-21-10-12-23(39-21)19-32(16-14-22-11-13-26(37-3)27(18-22)38-4)28(34)20-33(15-7-17-36-2)29(35)31-25-9-6-5-8-24(25)30/h5-6,8-13,18H,7,14-17,19-20H2,1-4H3,(H,31,35). The van der Waals surface area contributed by atoms with Gasteiger partial charge in [0.2, 0.25) is 5.91 Å². The normalized spacial score (nSPS) is 10.7. The Labute approximate surface area is 233 Å². The lowest BCUT2D eigenvalue weighted by Crippen LogP contribution is -2.45. The maximum atomic E-state index is 14.2. The van der Waals surface area contributed by atoms with E-state index in [-0.39, 0.29) is 24.7 Å². The minimum Gasteiger partial charge on any atom is -0.493 e. The zero-order chi connectivity index (χ0) is 28.2. The molecule has 210 valence electrons. The fraction of sp³-hybridized carbons (Fsp3) is 0.379. The van der Waals surface area contributed by atoms with E-state index in [1.165, 1.54) is 17.0 Å². The largest absolute Gasteiger partial charge is 0.493 e. The quantitative estimate of drug-likeness (QED) is 0.270. The number of aryl methyl sites for hydroxylation is 1. The summed E-state index contributed by atoms with van der Waals surface area (Å²) in [7, 11) is 4.75.